The molecule has 0 aromatic heterocycles. The van der Waals surface area contributed by atoms with Crippen LogP contribution in [0.2, 0.25) is 0 Å². The van der Waals surface area contributed by atoms with Crippen molar-refractivity contribution in [1.29, 1.82) is 0 Å². The van der Waals surface area contributed by atoms with Crippen molar-refractivity contribution in [2.45, 2.75) is 216 Å². The van der Waals surface area contributed by atoms with Crippen LogP contribution in [0.1, 0.15) is 117 Å². The molecule has 23 atom stereocenters. The second kappa shape index (κ2) is 17.6. The highest BCUT2D eigenvalue weighted by molar-refractivity contribution is 5.72. The Hall–Kier alpha value is -1.99. The summed E-state index contributed by atoms with van der Waals surface area (Å²) in [5, 5.41) is 78.4. The zero-order valence-electron chi connectivity index (χ0n) is 37.4. The van der Waals surface area contributed by atoms with Gasteiger partial charge in [-0.25, -0.2) is 0 Å². The lowest BCUT2D eigenvalue weighted by Crippen LogP contribution is -2.67. The summed E-state index contributed by atoms with van der Waals surface area (Å²) in [4.78, 5) is 12.8. The quantitative estimate of drug-likeness (QED) is 0.139. The van der Waals surface area contributed by atoms with E-state index in [4.69, 9.17) is 33.2 Å². The van der Waals surface area contributed by atoms with Crippen molar-refractivity contribution in [3.05, 3.63) is 29.8 Å². The van der Waals surface area contributed by atoms with Gasteiger partial charge in [-0.1, -0.05) is 32.0 Å². The third-order valence-electron chi connectivity index (χ3n) is 18.0. The van der Waals surface area contributed by atoms with E-state index in [9.17, 15) is 40.5 Å². The summed E-state index contributed by atoms with van der Waals surface area (Å²) in [7, 11) is 0. The zero-order chi connectivity index (χ0) is 44.7. The first-order chi connectivity index (χ1) is 29.9. The maximum atomic E-state index is 13.0. The number of carbonyl (C=O) groups is 1. The maximum Gasteiger partial charge on any atom is 0.306 e. The predicted octanol–water partition coefficient (Wildman–Crippen LogP) is 3.61. The van der Waals surface area contributed by atoms with Gasteiger partial charge < -0.3 is 68.9 Å². The summed E-state index contributed by atoms with van der Waals surface area (Å²) in [6, 6.07) is 7.14. The maximum absolute atomic E-state index is 13.0. The molecule has 4 saturated heterocycles. The topological polar surface area (TPSA) is 223 Å². The van der Waals surface area contributed by atoms with E-state index >= 15 is 0 Å². The lowest BCUT2D eigenvalue weighted by atomic mass is 9.42. The van der Waals surface area contributed by atoms with E-state index in [1.807, 2.05) is 19.1 Å². The summed E-state index contributed by atoms with van der Waals surface area (Å²) < 4.78 is 42.9. The molecule has 0 spiro atoms. The van der Waals surface area contributed by atoms with Gasteiger partial charge in [-0.3, -0.25) is 4.79 Å². The highest BCUT2D eigenvalue weighted by Crippen LogP contribution is 2.70. The van der Waals surface area contributed by atoms with Gasteiger partial charge in [-0.2, -0.15) is 0 Å². The van der Waals surface area contributed by atoms with Crippen LogP contribution in [-0.4, -0.2) is 139 Å². The fourth-order valence-electron chi connectivity index (χ4n) is 14.4. The van der Waals surface area contributed by atoms with Gasteiger partial charge in [-0.15, -0.1) is 0 Å². The van der Waals surface area contributed by atoms with Crippen molar-refractivity contribution >= 4 is 5.97 Å². The first-order valence-electron chi connectivity index (χ1n) is 23.9. The zero-order valence-corrected chi connectivity index (χ0v) is 37.4. The van der Waals surface area contributed by atoms with E-state index in [0.29, 0.717) is 31.6 Å². The minimum atomic E-state index is -1.08. The van der Waals surface area contributed by atoms with Crippen molar-refractivity contribution < 1.29 is 73.7 Å². The molecule has 15 nitrogen and oxygen atoms in total. The monoisotopic (exact) mass is 888 g/mol. The van der Waals surface area contributed by atoms with Crippen molar-refractivity contribution in [3.8, 4) is 5.75 Å². The second-order valence-electron chi connectivity index (χ2n) is 21.3. The molecule has 4 heterocycles. The summed E-state index contributed by atoms with van der Waals surface area (Å²) in [5.41, 5.74) is -1.26. The van der Waals surface area contributed by atoms with Gasteiger partial charge >= 0.3 is 5.97 Å². The Morgan fingerprint density at radius 2 is 1.32 bits per heavy atom. The molecule has 0 bridgehead atoms. The summed E-state index contributed by atoms with van der Waals surface area (Å²) in [6.07, 6.45) is -3.41. The van der Waals surface area contributed by atoms with Gasteiger partial charge in [0.2, 0.25) is 0 Å². The van der Waals surface area contributed by atoms with Crippen LogP contribution in [0.15, 0.2) is 24.3 Å². The van der Waals surface area contributed by atoms with Crippen molar-refractivity contribution in [3.63, 3.8) is 0 Å². The number of hydrogen-bond donors (Lipinski definition) is 7. The first kappa shape index (κ1) is 46.1. The van der Waals surface area contributed by atoms with Crippen LogP contribution in [0.3, 0.4) is 0 Å². The number of aromatic hydroxyl groups is 1. The number of fused-ring (bicyclic) bond motifs is 5. The number of rotatable bonds is 9. The van der Waals surface area contributed by atoms with Crippen LogP contribution in [0.25, 0.3) is 0 Å². The van der Waals surface area contributed by atoms with Crippen LogP contribution in [0.5, 0.6) is 5.75 Å². The molecule has 8 unspecified atom stereocenters. The molecule has 9 rings (SSSR count). The number of phenolic OH excluding ortho intramolecular Hbond substituents is 1. The van der Waals surface area contributed by atoms with Crippen LogP contribution < -0.4 is 0 Å². The van der Waals surface area contributed by atoms with Crippen LogP contribution in [0, 0.1) is 40.4 Å². The third-order valence-corrected chi connectivity index (χ3v) is 18.0. The third kappa shape index (κ3) is 8.19. The van der Waals surface area contributed by atoms with Gasteiger partial charge in [0.1, 0.15) is 30.2 Å². The number of aliphatic hydroxyl groups is 6. The lowest BCUT2D eigenvalue weighted by molar-refractivity contribution is -0.336. The lowest BCUT2D eigenvalue weighted by Gasteiger charge is -2.65. The number of cyclic esters (lactones) is 1. The molecular weight excluding hydrogens is 817 g/mol. The molecule has 8 aliphatic rings. The van der Waals surface area contributed by atoms with E-state index in [1.54, 1.807) is 26.0 Å². The number of carbonyl (C=O) groups excluding carboxylic acids is 1. The Kier molecular flexibility index (Phi) is 12.9. The SMILES string of the molecule is CC1O[C@@H](OC2C(C)O[C@H](OC3C(C)O[C@@H](O[C@H]4CC[C@@]5(C)[C@H](CC[C@@H]6[C@@H]5C[C@@H](O)[C@]5(C)[C@@H](C7CC(=O)OC7Cc7ccccc7O)CC[C@]65O)C4)C[C@H]3O)C[C@H]2O)C[C@@H](O)C1O. The fraction of sp³-hybridized carbons (Fsp3) is 0.854. The van der Waals surface area contributed by atoms with Crippen LogP contribution in [0.4, 0.5) is 0 Å². The molecule has 0 amide bonds. The Morgan fingerprint density at radius 3 is 1.95 bits per heavy atom. The molecule has 15 heteroatoms. The molecule has 4 aliphatic carbocycles. The molecule has 63 heavy (non-hydrogen) atoms. The number of ether oxygens (including phenoxy) is 7. The molecule has 8 fully saturated rings. The molecule has 354 valence electrons. The number of aliphatic hydroxyl groups excluding tert-OH is 5. The summed E-state index contributed by atoms with van der Waals surface area (Å²) in [6.45, 7) is 9.67. The van der Waals surface area contributed by atoms with Crippen molar-refractivity contribution in [2.24, 2.45) is 40.4 Å². The van der Waals surface area contributed by atoms with Crippen LogP contribution >= 0.6 is 0 Å². The minimum absolute atomic E-state index is 0.0215. The van der Waals surface area contributed by atoms with Crippen LogP contribution in [-0.2, 0) is 44.4 Å². The van der Waals surface area contributed by atoms with E-state index in [1.165, 1.54) is 0 Å². The molecular formula is C48H72O15. The Labute approximate surface area is 370 Å². The van der Waals surface area contributed by atoms with E-state index < -0.39 is 97.0 Å². The highest BCUT2D eigenvalue weighted by Gasteiger charge is 2.72. The van der Waals surface area contributed by atoms with Crippen molar-refractivity contribution in [1.82, 2.24) is 0 Å². The number of hydrogen-bond acceptors (Lipinski definition) is 15. The second-order valence-corrected chi connectivity index (χ2v) is 21.3. The van der Waals surface area contributed by atoms with Gasteiger partial charge in [-0.05, 0) is 113 Å². The molecule has 0 radical (unpaired) electrons. The molecule has 4 saturated carbocycles. The molecule has 7 N–H and O–H groups in total. The smallest absolute Gasteiger partial charge is 0.306 e. The number of phenols is 1. The van der Waals surface area contributed by atoms with Gasteiger partial charge in [0.05, 0.1) is 60.9 Å². The molecule has 1 aromatic rings. The Bertz CT molecular complexity index is 1750. The Balaban J connectivity index is 0.787. The minimum Gasteiger partial charge on any atom is -0.508 e. The van der Waals surface area contributed by atoms with E-state index in [2.05, 4.69) is 13.8 Å². The highest BCUT2D eigenvalue weighted by atomic mass is 16.7. The van der Waals surface area contributed by atoms with Crippen molar-refractivity contribution in [2.75, 3.05) is 0 Å². The fourth-order valence-corrected chi connectivity index (χ4v) is 14.4. The average molecular weight is 889 g/mol. The van der Waals surface area contributed by atoms with Gasteiger partial charge in [0, 0.05) is 37.0 Å². The first-order valence-corrected chi connectivity index (χ1v) is 23.9. The number of esters is 1. The summed E-state index contributed by atoms with van der Waals surface area (Å²) in [5.74, 6) is 0.118. The standard InChI is InChI=1S/C48H72O15/c1-23-43(55)34(50)20-41(57-23)62-45-25(3)59-42(22-36(45)52)63-44-24(2)58-40(21-35(44)51)60-28-12-14-46(4)27(17-28)10-11-31-32(46)19-38(53)47(5)30(13-15-48(31,47)56)29-18-39(54)61-37(29)16-26-8-6-7-9-33(26)49/h6-9,23-25,27-32,34-38,40-45,49-53,55-56H,10-22H2,1-5H3/t23?,24?,25?,27-,28+,29?,30-,31-,32+,34-,35-,36-,37?,38-,40+,41+,42-,43?,44?,45?,46+,47+,48+/m1/s1. The predicted molar refractivity (Wildman–Crippen MR) is 223 cm³/mol. The summed E-state index contributed by atoms with van der Waals surface area (Å²) >= 11 is 0. The van der Waals surface area contributed by atoms with E-state index in [-0.39, 0.29) is 72.6 Å². The van der Waals surface area contributed by atoms with Gasteiger partial charge in [0.25, 0.3) is 0 Å². The number of benzene rings is 1. The van der Waals surface area contributed by atoms with Gasteiger partial charge in [0.15, 0.2) is 18.9 Å². The molecule has 4 aliphatic heterocycles. The Morgan fingerprint density at radius 1 is 0.698 bits per heavy atom. The average Bonchev–Trinajstić information content (AvgIpc) is 3.73. The molecule has 1 aromatic carbocycles. The van der Waals surface area contributed by atoms with E-state index in [0.717, 1.165) is 37.7 Å². The normalized spacial score (nSPS) is 52.4. The largest absolute Gasteiger partial charge is 0.508 e. The number of para-hydroxylation sites is 1.